The number of hydrogen-bond donors (Lipinski definition) is 1. The number of hydrogen-bond acceptors (Lipinski definition) is 3. The number of carboxylic acids is 1. The highest BCUT2D eigenvalue weighted by Gasteiger charge is 2.33. The minimum atomic E-state index is -1.06. The quantitative estimate of drug-likeness (QED) is 0.418. The first-order valence-corrected chi connectivity index (χ1v) is 4.38. The molecule has 0 heterocycles. The molecule has 0 aliphatic heterocycles. The van der Waals surface area contributed by atoms with E-state index in [1.54, 1.807) is 6.92 Å². The minimum absolute atomic E-state index is 0.145. The Kier molecular flexibility index (Phi) is 4.27. The van der Waals surface area contributed by atoms with Crippen molar-refractivity contribution >= 4 is 5.97 Å². The molecule has 0 amide bonds. The molecule has 0 aromatic carbocycles. The largest absolute Gasteiger partial charge is 0.478 e. The van der Waals surface area contributed by atoms with Gasteiger partial charge < -0.3 is 5.11 Å². The van der Waals surface area contributed by atoms with Crippen molar-refractivity contribution in [3.8, 4) is 0 Å². The maximum atomic E-state index is 10.7. The van der Waals surface area contributed by atoms with Crippen LogP contribution >= 0.6 is 0 Å². The van der Waals surface area contributed by atoms with Crippen LogP contribution in [-0.4, -0.2) is 21.5 Å². The lowest BCUT2D eigenvalue weighted by molar-refractivity contribution is -0.565. The molecule has 0 bridgehead atoms. The van der Waals surface area contributed by atoms with E-state index in [1.807, 2.05) is 0 Å². The molecule has 0 radical (unpaired) electrons. The van der Waals surface area contributed by atoms with Gasteiger partial charge in [-0.2, -0.15) is 0 Å². The van der Waals surface area contributed by atoms with Gasteiger partial charge in [-0.15, -0.1) is 0 Å². The Bertz CT molecular complexity index is 272. The molecule has 5 heteroatoms. The van der Waals surface area contributed by atoms with Gasteiger partial charge in [0.15, 0.2) is 0 Å². The van der Waals surface area contributed by atoms with E-state index in [0.29, 0.717) is 6.42 Å². The first-order chi connectivity index (χ1) is 6.33. The SMILES string of the molecule is CCC(C)(C/C=C(\C)C(=O)O)[N+](=O)[O-]. The first kappa shape index (κ1) is 12.6. The van der Waals surface area contributed by atoms with E-state index in [1.165, 1.54) is 19.9 Å². The smallest absolute Gasteiger partial charge is 0.330 e. The molecule has 0 aromatic heterocycles. The molecule has 14 heavy (non-hydrogen) atoms. The second kappa shape index (κ2) is 4.74. The summed E-state index contributed by atoms with van der Waals surface area (Å²) in [4.78, 5) is 20.7. The maximum Gasteiger partial charge on any atom is 0.330 e. The Labute approximate surface area is 82.6 Å². The lowest BCUT2D eigenvalue weighted by atomic mass is 9.94. The molecular weight excluding hydrogens is 186 g/mol. The fourth-order valence-corrected chi connectivity index (χ4v) is 0.808. The van der Waals surface area contributed by atoms with Crippen molar-refractivity contribution in [2.75, 3.05) is 0 Å². The van der Waals surface area contributed by atoms with Gasteiger partial charge in [0, 0.05) is 30.3 Å². The predicted molar refractivity (Wildman–Crippen MR) is 51.7 cm³/mol. The Morgan fingerprint density at radius 3 is 2.43 bits per heavy atom. The van der Waals surface area contributed by atoms with E-state index in [4.69, 9.17) is 5.11 Å². The summed E-state index contributed by atoms with van der Waals surface area (Å²) in [5.41, 5.74) is -0.914. The Hall–Kier alpha value is -1.39. The third kappa shape index (κ3) is 3.16. The lowest BCUT2D eigenvalue weighted by Gasteiger charge is -2.16. The predicted octanol–water partition coefficient (Wildman–Crippen LogP) is 1.85. The number of nitrogens with zero attached hydrogens (tertiary/aromatic N) is 1. The Balaban J connectivity index is 4.57. The zero-order valence-electron chi connectivity index (χ0n) is 8.61. The summed E-state index contributed by atoms with van der Waals surface area (Å²) in [6.45, 7) is 4.66. The molecular formula is C9H15NO4. The van der Waals surface area contributed by atoms with Crippen LogP contribution in [0.25, 0.3) is 0 Å². The molecule has 0 aliphatic rings. The maximum absolute atomic E-state index is 10.7. The fraction of sp³-hybridized carbons (Fsp3) is 0.667. The number of rotatable bonds is 5. The molecule has 1 N–H and O–H groups in total. The molecule has 5 nitrogen and oxygen atoms in total. The van der Waals surface area contributed by atoms with Crippen LogP contribution in [0.3, 0.4) is 0 Å². The molecule has 1 unspecified atom stereocenters. The van der Waals surface area contributed by atoms with Crippen molar-refractivity contribution in [3.63, 3.8) is 0 Å². The van der Waals surface area contributed by atoms with Crippen LogP contribution in [0.1, 0.15) is 33.6 Å². The molecule has 0 saturated heterocycles. The van der Waals surface area contributed by atoms with E-state index in [0.717, 1.165) is 0 Å². The van der Waals surface area contributed by atoms with Crippen LogP contribution < -0.4 is 0 Å². The molecule has 1 atom stereocenters. The third-order valence-corrected chi connectivity index (χ3v) is 2.39. The highest BCUT2D eigenvalue weighted by atomic mass is 16.6. The summed E-state index contributed by atoms with van der Waals surface area (Å²) in [5.74, 6) is -1.04. The average Bonchev–Trinajstić information content (AvgIpc) is 2.12. The average molecular weight is 201 g/mol. The molecule has 0 fully saturated rings. The van der Waals surface area contributed by atoms with E-state index >= 15 is 0 Å². The van der Waals surface area contributed by atoms with Gasteiger partial charge in [0.25, 0.3) is 0 Å². The summed E-state index contributed by atoms with van der Waals surface area (Å²) in [6.07, 6.45) is 1.92. The molecule has 0 spiro atoms. The summed E-state index contributed by atoms with van der Waals surface area (Å²) in [5, 5.41) is 19.2. The van der Waals surface area contributed by atoms with E-state index in [-0.39, 0.29) is 16.9 Å². The van der Waals surface area contributed by atoms with Crippen molar-refractivity contribution in [2.45, 2.75) is 39.2 Å². The Morgan fingerprint density at radius 1 is 1.64 bits per heavy atom. The van der Waals surface area contributed by atoms with Gasteiger partial charge in [-0.1, -0.05) is 13.0 Å². The van der Waals surface area contributed by atoms with Gasteiger partial charge in [0.2, 0.25) is 5.54 Å². The van der Waals surface area contributed by atoms with Crippen LogP contribution in [0.15, 0.2) is 11.6 Å². The van der Waals surface area contributed by atoms with Crippen LogP contribution in [0, 0.1) is 10.1 Å². The normalized spacial score (nSPS) is 16.1. The fourth-order valence-electron chi connectivity index (χ4n) is 0.808. The van der Waals surface area contributed by atoms with E-state index in [9.17, 15) is 14.9 Å². The standard InChI is InChI=1S/C9H15NO4/c1-4-9(3,10(13)14)6-5-7(2)8(11)12/h5H,4,6H2,1-3H3,(H,11,12)/b7-5+. The van der Waals surface area contributed by atoms with Gasteiger partial charge in [-0.3, -0.25) is 10.1 Å². The second-order valence-corrected chi connectivity index (χ2v) is 3.50. The highest BCUT2D eigenvalue weighted by molar-refractivity contribution is 5.85. The van der Waals surface area contributed by atoms with Crippen LogP contribution in [-0.2, 0) is 4.79 Å². The van der Waals surface area contributed by atoms with Gasteiger partial charge >= 0.3 is 5.97 Å². The minimum Gasteiger partial charge on any atom is -0.478 e. The summed E-state index contributed by atoms with van der Waals surface area (Å²) in [7, 11) is 0. The number of carbonyl (C=O) groups is 1. The van der Waals surface area contributed by atoms with Crippen molar-refractivity contribution < 1.29 is 14.8 Å². The molecule has 0 aromatic rings. The second-order valence-electron chi connectivity index (χ2n) is 3.50. The molecule has 0 rings (SSSR count). The van der Waals surface area contributed by atoms with E-state index < -0.39 is 11.5 Å². The summed E-state index contributed by atoms with van der Waals surface area (Å²) >= 11 is 0. The highest BCUT2D eigenvalue weighted by Crippen LogP contribution is 2.20. The summed E-state index contributed by atoms with van der Waals surface area (Å²) < 4.78 is 0. The number of aliphatic carboxylic acids is 1. The molecule has 0 saturated carbocycles. The van der Waals surface area contributed by atoms with Crippen molar-refractivity contribution in [3.05, 3.63) is 21.8 Å². The van der Waals surface area contributed by atoms with Gasteiger partial charge in [0.05, 0.1) is 0 Å². The van der Waals surface area contributed by atoms with Crippen LogP contribution in [0.2, 0.25) is 0 Å². The van der Waals surface area contributed by atoms with Crippen molar-refractivity contribution in [1.29, 1.82) is 0 Å². The monoisotopic (exact) mass is 201 g/mol. The van der Waals surface area contributed by atoms with Gasteiger partial charge in [-0.05, 0) is 6.92 Å². The summed E-state index contributed by atoms with van der Waals surface area (Å²) in [6, 6.07) is 0. The Morgan fingerprint density at radius 2 is 2.14 bits per heavy atom. The van der Waals surface area contributed by atoms with Gasteiger partial charge in [0.1, 0.15) is 0 Å². The van der Waals surface area contributed by atoms with Crippen molar-refractivity contribution in [1.82, 2.24) is 0 Å². The zero-order valence-corrected chi connectivity index (χ0v) is 8.61. The zero-order chi connectivity index (χ0) is 11.4. The van der Waals surface area contributed by atoms with Gasteiger partial charge in [-0.25, -0.2) is 4.79 Å². The van der Waals surface area contributed by atoms with E-state index in [2.05, 4.69) is 0 Å². The number of carboxylic acid groups (broad SMARTS) is 1. The topological polar surface area (TPSA) is 80.4 Å². The first-order valence-electron chi connectivity index (χ1n) is 4.38. The van der Waals surface area contributed by atoms with Crippen LogP contribution in [0.4, 0.5) is 0 Å². The lowest BCUT2D eigenvalue weighted by Crippen LogP contribution is -2.33. The molecule has 0 aliphatic carbocycles. The number of nitro groups is 1. The third-order valence-electron chi connectivity index (χ3n) is 2.39. The van der Waals surface area contributed by atoms with Crippen molar-refractivity contribution in [2.24, 2.45) is 0 Å². The molecule has 80 valence electrons. The van der Waals surface area contributed by atoms with Crippen LogP contribution in [0.5, 0.6) is 0 Å².